The van der Waals surface area contributed by atoms with Gasteiger partial charge in [-0.25, -0.2) is 9.97 Å². The van der Waals surface area contributed by atoms with Crippen LogP contribution in [0, 0.1) is 0 Å². The maximum absolute atomic E-state index is 5.16. The maximum atomic E-state index is 5.16. The van der Waals surface area contributed by atoms with Gasteiger partial charge in [-0.2, -0.15) is 0 Å². The van der Waals surface area contributed by atoms with E-state index in [0.717, 1.165) is 33.4 Å². The lowest BCUT2D eigenvalue weighted by Crippen LogP contribution is -2.35. The van der Waals surface area contributed by atoms with Crippen LogP contribution in [0.2, 0.25) is 0 Å². The number of benzene rings is 5. The van der Waals surface area contributed by atoms with Crippen molar-refractivity contribution in [3.05, 3.63) is 167 Å². The van der Waals surface area contributed by atoms with Gasteiger partial charge in [0.05, 0.1) is 22.8 Å². The molecule has 0 saturated heterocycles. The molecule has 0 saturated carbocycles. The average molecular weight is 524 g/mol. The van der Waals surface area contributed by atoms with E-state index in [1.807, 2.05) is 36.4 Å². The van der Waals surface area contributed by atoms with Gasteiger partial charge in [0.15, 0.2) is 5.82 Å². The lowest BCUT2D eigenvalue weighted by Gasteiger charge is -2.20. The number of hydrogen-bond acceptors (Lipinski definition) is 3. The molecule has 2 aliphatic rings. The zero-order valence-electron chi connectivity index (χ0n) is 22.3. The molecule has 1 aliphatic carbocycles. The van der Waals surface area contributed by atoms with Gasteiger partial charge in [0, 0.05) is 27.3 Å². The fourth-order valence-corrected chi connectivity index (χ4v) is 5.90. The summed E-state index contributed by atoms with van der Waals surface area (Å²) in [6.07, 6.45) is 6.51. The molecule has 1 atom stereocenters. The maximum Gasteiger partial charge on any atom is 0.160 e. The molecule has 192 valence electrons. The van der Waals surface area contributed by atoms with Gasteiger partial charge in [0.25, 0.3) is 0 Å². The van der Waals surface area contributed by atoms with E-state index in [4.69, 9.17) is 15.0 Å². The summed E-state index contributed by atoms with van der Waals surface area (Å²) in [5.41, 5.74) is 8.60. The molecule has 1 aliphatic heterocycles. The molecule has 0 bridgehead atoms. The van der Waals surface area contributed by atoms with Crippen molar-refractivity contribution in [2.45, 2.75) is 6.04 Å². The van der Waals surface area contributed by atoms with Crippen molar-refractivity contribution in [2.24, 2.45) is 4.99 Å². The summed E-state index contributed by atoms with van der Waals surface area (Å²) in [6, 6.07) is 44.3. The molecule has 6 aromatic rings. The minimum Gasteiger partial charge on any atom is -0.272 e. The standard InChI is InChI=1S/C38H25N3/c1-3-11-26(12-4-1)34-24-35(27-13-5-2-6-14-27)41-38(40-34)29-20-18-28(19-21-29)36-31-16-9-17-33(31)39-37-30-15-8-7-10-25(30)22-23-32(36)37/h1-24,33H/t33-/m1/s1. The Labute approximate surface area is 238 Å². The lowest BCUT2D eigenvalue weighted by molar-refractivity contribution is 0.935. The topological polar surface area (TPSA) is 38.1 Å². The third-order valence-corrected chi connectivity index (χ3v) is 7.91. The molecule has 0 amide bonds. The largest absolute Gasteiger partial charge is 0.272 e. The molecular formula is C38H25N3. The summed E-state index contributed by atoms with van der Waals surface area (Å²) in [7, 11) is 0. The monoisotopic (exact) mass is 523 g/mol. The van der Waals surface area contributed by atoms with Crippen LogP contribution in [0.5, 0.6) is 0 Å². The Morgan fingerprint density at radius 2 is 1.17 bits per heavy atom. The van der Waals surface area contributed by atoms with Crippen molar-refractivity contribution in [3.63, 3.8) is 0 Å². The second kappa shape index (κ2) is 9.65. The Hall–Kier alpha value is -5.41. The Morgan fingerprint density at radius 3 is 1.88 bits per heavy atom. The second-order valence-electron chi connectivity index (χ2n) is 10.4. The van der Waals surface area contributed by atoms with Gasteiger partial charge >= 0.3 is 0 Å². The van der Waals surface area contributed by atoms with Crippen LogP contribution in [0.25, 0.3) is 50.2 Å². The predicted octanol–water partition coefficient (Wildman–Crippen LogP) is 7.33. The molecule has 1 aromatic heterocycles. The molecule has 5 aromatic carbocycles. The fourth-order valence-electron chi connectivity index (χ4n) is 5.90. The van der Waals surface area contributed by atoms with Gasteiger partial charge < -0.3 is 0 Å². The molecule has 2 heterocycles. The van der Waals surface area contributed by atoms with Crippen molar-refractivity contribution in [3.8, 4) is 33.9 Å². The Kier molecular flexibility index (Phi) is 5.53. The van der Waals surface area contributed by atoms with Crippen molar-refractivity contribution < 1.29 is 0 Å². The van der Waals surface area contributed by atoms with Crippen LogP contribution in [-0.2, 0) is 0 Å². The molecule has 0 spiro atoms. The van der Waals surface area contributed by atoms with E-state index >= 15 is 0 Å². The number of rotatable bonds is 4. The highest BCUT2D eigenvalue weighted by atomic mass is 14.9. The number of aromatic nitrogens is 2. The van der Waals surface area contributed by atoms with Crippen LogP contribution in [-0.4, -0.2) is 16.0 Å². The summed E-state index contributed by atoms with van der Waals surface area (Å²) in [4.78, 5) is 15.2. The van der Waals surface area contributed by atoms with Crippen LogP contribution in [0.1, 0.15) is 5.56 Å². The van der Waals surface area contributed by atoms with E-state index in [-0.39, 0.29) is 6.04 Å². The van der Waals surface area contributed by atoms with Crippen LogP contribution in [0.4, 0.5) is 0 Å². The molecule has 0 N–H and O–H groups in total. The summed E-state index contributed by atoms with van der Waals surface area (Å²) in [5.74, 6) is 0.714. The van der Waals surface area contributed by atoms with Gasteiger partial charge in [-0.3, -0.25) is 4.99 Å². The summed E-state index contributed by atoms with van der Waals surface area (Å²) in [6.45, 7) is 0. The fraction of sp³-hybridized carbons (Fsp3) is 0.0263. The Bertz CT molecular complexity index is 2070. The summed E-state index contributed by atoms with van der Waals surface area (Å²) in [5, 5.41) is 4.65. The SMILES string of the molecule is C1=C[C@H]2N=c3c(ccc4ccccc34)=C(c3ccc(-c4nc(-c5ccccc5)cc(-c5ccccc5)n4)cc3)C2=C1. The highest BCUT2D eigenvalue weighted by Crippen LogP contribution is 2.32. The molecule has 8 rings (SSSR count). The smallest absolute Gasteiger partial charge is 0.160 e. The average Bonchev–Trinajstić information content (AvgIpc) is 3.53. The van der Waals surface area contributed by atoms with Gasteiger partial charge in [0.1, 0.15) is 0 Å². The molecule has 3 nitrogen and oxygen atoms in total. The van der Waals surface area contributed by atoms with E-state index in [0.29, 0.717) is 5.82 Å². The van der Waals surface area contributed by atoms with Crippen LogP contribution < -0.4 is 10.6 Å². The van der Waals surface area contributed by atoms with Gasteiger partial charge in [-0.05, 0) is 28.2 Å². The van der Waals surface area contributed by atoms with Gasteiger partial charge in [0.2, 0.25) is 0 Å². The minimum absolute atomic E-state index is 0.0438. The highest BCUT2D eigenvalue weighted by Gasteiger charge is 2.24. The number of fused-ring (bicyclic) bond motifs is 4. The molecule has 0 radical (unpaired) electrons. The Balaban J connectivity index is 1.28. The lowest BCUT2D eigenvalue weighted by atomic mass is 9.89. The van der Waals surface area contributed by atoms with E-state index < -0.39 is 0 Å². The van der Waals surface area contributed by atoms with E-state index in [9.17, 15) is 0 Å². The molecular weight excluding hydrogens is 498 g/mol. The number of nitrogens with zero attached hydrogens (tertiary/aromatic N) is 3. The molecule has 0 fully saturated rings. The zero-order valence-corrected chi connectivity index (χ0v) is 22.3. The minimum atomic E-state index is 0.0438. The van der Waals surface area contributed by atoms with Crippen molar-refractivity contribution in [1.82, 2.24) is 9.97 Å². The molecule has 0 unspecified atom stereocenters. The first-order valence-electron chi connectivity index (χ1n) is 13.9. The first-order valence-corrected chi connectivity index (χ1v) is 13.9. The zero-order chi connectivity index (χ0) is 27.2. The summed E-state index contributed by atoms with van der Waals surface area (Å²) < 4.78 is 0. The van der Waals surface area contributed by atoms with E-state index in [1.165, 1.54) is 32.7 Å². The third kappa shape index (κ3) is 4.11. The van der Waals surface area contributed by atoms with E-state index in [1.54, 1.807) is 0 Å². The predicted molar refractivity (Wildman–Crippen MR) is 167 cm³/mol. The van der Waals surface area contributed by atoms with Crippen LogP contribution >= 0.6 is 0 Å². The Morgan fingerprint density at radius 1 is 0.537 bits per heavy atom. The number of hydrogen-bond donors (Lipinski definition) is 0. The van der Waals surface area contributed by atoms with Gasteiger partial charge in [-0.1, -0.05) is 140 Å². The van der Waals surface area contributed by atoms with E-state index in [2.05, 4.69) is 109 Å². The van der Waals surface area contributed by atoms with Crippen molar-refractivity contribution in [1.29, 1.82) is 0 Å². The molecule has 3 heteroatoms. The summed E-state index contributed by atoms with van der Waals surface area (Å²) >= 11 is 0. The number of allylic oxidation sites excluding steroid dienone is 2. The van der Waals surface area contributed by atoms with Crippen LogP contribution in [0.3, 0.4) is 0 Å². The quantitative estimate of drug-likeness (QED) is 0.243. The second-order valence-corrected chi connectivity index (χ2v) is 10.4. The third-order valence-electron chi connectivity index (χ3n) is 7.91. The van der Waals surface area contributed by atoms with Crippen molar-refractivity contribution in [2.75, 3.05) is 0 Å². The first-order chi connectivity index (χ1) is 20.3. The highest BCUT2D eigenvalue weighted by molar-refractivity contribution is 5.88. The van der Waals surface area contributed by atoms with Gasteiger partial charge in [-0.15, -0.1) is 0 Å². The van der Waals surface area contributed by atoms with Crippen molar-refractivity contribution >= 4 is 16.3 Å². The molecule has 41 heavy (non-hydrogen) atoms. The first kappa shape index (κ1) is 23.5. The normalized spacial score (nSPS) is 15.3. The van der Waals surface area contributed by atoms with Crippen LogP contribution in [0.15, 0.2) is 156 Å².